The van der Waals surface area contributed by atoms with Gasteiger partial charge in [0.2, 0.25) is 5.95 Å². The Morgan fingerprint density at radius 1 is 1.04 bits per heavy atom. The number of aliphatic imine (C=N–C) groups is 1. The normalized spacial score (nSPS) is 15.5. The molecule has 1 fully saturated rings. The Hall–Kier alpha value is -2.38. The Balaban J connectivity index is 1.31. The van der Waals surface area contributed by atoms with Gasteiger partial charge in [-0.1, -0.05) is 23.7 Å². The van der Waals surface area contributed by atoms with E-state index >= 15 is 0 Å². The van der Waals surface area contributed by atoms with Crippen LogP contribution in [0.1, 0.15) is 5.56 Å². The SMILES string of the molecule is CN=C(NCCc1ccc(Cl)cc1)NCCN1CCN(c2ncccn2)CC1. The molecule has 0 radical (unpaired) electrons. The maximum Gasteiger partial charge on any atom is 0.225 e. The second-order valence-corrected chi connectivity index (χ2v) is 7.12. The number of aromatic nitrogens is 2. The van der Waals surface area contributed by atoms with Gasteiger partial charge in [-0.25, -0.2) is 9.97 Å². The molecule has 1 aromatic carbocycles. The van der Waals surface area contributed by atoms with E-state index in [0.717, 1.165) is 69.2 Å². The molecule has 1 saturated heterocycles. The van der Waals surface area contributed by atoms with Crippen LogP contribution in [0.4, 0.5) is 5.95 Å². The molecule has 150 valence electrons. The van der Waals surface area contributed by atoms with E-state index in [-0.39, 0.29) is 0 Å². The first-order valence-electron chi connectivity index (χ1n) is 9.68. The van der Waals surface area contributed by atoms with Crippen molar-refractivity contribution in [1.82, 2.24) is 25.5 Å². The van der Waals surface area contributed by atoms with Crippen LogP contribution in [0.3, 0.4) is 0 Å². The van der Waals surface area contributed by atoms with Crippen molar-refractivity contribution in [2.45, 2.75) is 6.42 Å². The fraction of sp³-hybridized carbons (Fsp3) is 0.450. The minimum absolute atomic E-state index is 0.770. The maximum absolute atomic E-state index is 5.92. The Labute approximate surface area is 171 Å². The van der Waals surface area contributed by atoms with Crippen molar-refractivity contribution in [3.63, 3.8) is 0 Å². The topological polar surface area (TPSA) is 68.7 Å². The van der Waals surface area contributed by atoms with E-state index in [1.165, 1.54) is 5.56 Å². The molecule has 0 spiro atoms. The zero-order chi connectivity index (χ0) is 19.6. The number of rotatable bonds is 7. The number of benzene rings is 1. The van der Waals surface area contributed by atoms with Gasteiger partial charge in [0.15, 0.2) is 5.96 Å². The van der Waals surface area contributed by atoms with E-state index in [9.17, 15) is 0 Å². The molecule has 28 heavy (non-hydrogen) atoms. The summed E-state index contributed by atoms with van der Waals surface area (Å²) < 4.78 is 0. The van der Waals surface area contributed by atoms with Crippen LogP contribution in [0, 0.1) is 0 Å². The Bertz CT molecular complexity index is 728. The predicted molar refractivity (Wildman–Crippen MR) is 115 cm³/mol. The third-order valence-electron chi connectivity index (χ3n) is 4.77. The molecule has 0 unspecified atom stereocenters. The molecule has 7 nitrogen and oxygen atoms in total. The fourth-order valence-electron chi connectivity index (χ4n) is 3.16. The zero-order valence-electron chi connectivity index (χ0n) is 16.3. The van der Waals surface area contributed by atoms with E-state index in [2.05, 4.69) is 47.5 Å². The van der Waals surface area contributed by atoms with Crippen molar-refractivity contribution in [3.05, 3.63) is 53.3 Å². The number of guanidine groups is 1. The summed E-state index contributed by atoms with van der Waals surface area (Å²) in [5.41, 5.74) is 1.26. The molecular formula is C20H28ClN7. The molecule has 0 aliphatic carbocycles. The first-order chi connectivity index (χ1) is 13.7. The lowest BCUT2D eigenvalue weighted by molar-refractivity contribution is 0.260. The van der Waals surface area contributed by atoms with Gasteiger partial charge >= 0.3 is 0 Å². The average molecular weight is 402 g/mol. The molecule has 0 saturated carbocycles. The summed E-state index contributed by atoms with van der Waals surface area (Å²) in [6, 6.07) is 9.81. The van der Waals surface area contributed by atoms with Crippen molar-refractivity contribution in [2.75, 3.05) is 57.8 Å². The lowest BCUT2D eigenvalue weighted by Crippen LogP contribution is -2.49. The van der Waals surface area contributed by atoms with Crippen molar-refractivity contribution >= 4 is 23.5 Å². The van der Waals surface area contributed by atoms with Crippen LogP contribution in [-0.4, -0.2) is 73.7 Å². The van der Waals surface area contributed by atoms with Gasteiger partial charge < -0.3 is 15.5 Å². The lowest BCUT2D eigenvalue weighted by atomic mass is 10.1. The van der Waals surface area contributed by atoms with Gasteiger partial charge in [-0.15, -0.1) is 0 Å². The van der Waals surface area contributed by atoms with Crippen molar-refractivity contribution < 1.29 is 0 Å². The highest BCUT2D eigenvalue weighted by atomic mass is 35.5. The van der Waals surface area contributed by atoms with Gasteiger partial charge in [0.25, 0.3) is 0 Å². The minimum Gasteiger partial charge on any atom is -0.356 e. The van der Waals surface area contributed by atoms with Crippen molar-refractivity contribution in [3.8, 4) is 0 Å². The molecule has 3 rings (SSSR count). The summed E-state index contributed by atoms with van der Waals surface area (Å²) in [6.07, 6.45) is 4.52. The third-order valence-corrected chi connectivity index (χ3v) is 5.02. The van der Waals surface area contributed by atoms with Crippen LogP contribution >= 0.6 is 11.6 Å². The van der Waals surface area contributed by atoms with Gasteiger partial charge in [-0.2, -0.15) is 0 Å². The molecule has 1 aliphatic rings. The number of halogens is 1. The van der Waals surface area contributed by atoms with E-state index in [1.54, 1.807) is 19.4 Å². The lowest BCUT2D eigenvalue weighted by Gasteiger charge is -2.34. The maximum atomic E-state index is 5.92. The Morgan fingerprint density at radius 3 is 2.39 bits per heavy atom. The predicted octanol–water partition coefficient (Wildman–Crippen LogP) is 1.66. The Morgan fingerprint density at radius 2 is 1.71 bits per heavy atom. The number of hydrogen-bond donors (Lipinski definition) is 2. The van der Waals surface area contributed by atoms with Crippen LogP contribution in [0.2, 0.25) is 5.02 Å². The van der Waals surface area contributed by atoms with E-state index < -0.39 is 0 Å². The third kappa shape index (κ3) is 6.35. The van der Waals surface area contributed by atoms with Crippen LogP contribution in [-0.2, 0) is 6.42 Å². The monoisotopic (exact) mass is 401 g/mol. The highest BCUT2D eigenvalue weighted by Crippen LogP contribution is 2.10. The second kappa shape index (κ2) is 10.8. The summed E-state index contributed by atoms with van der Waals surface area (Å²) in [4.78, 5) is 17.7. The molecule has 0 atom stereocenters. The molecule has 2 N–H and O–H groups in total. The molecule has 8 heteroatoms. The van der Waals surface area contributed by atoms with Crippen LogP contribution < -0.4 is 15.5 Å². The molecule has 2 heterocycles. The zero-order valence-corrected chi connectivity index (χ0v) is 17.1. The largest absolute Gasteiger partial charge is 0.356 e. The summed E-state index contributed by atoms with van der Waals surface area (Å²) in [6.45, 7) is 6.63. The smallest absolute Gasteiger partial charge is 0.225 e. The standard InChI is InChI=1S/C20H28ClN7/c1-22-19(23-10-7-17-3-5-18(21)6-4-17)24-11-12-27-13-15-28(16-14-27)20-25-8-2-9-26-20/h2-6,8-9H,7,10-16H2,1H3,(H2,22,23,24). The van der Waals surface area contributed by atoms with Crippen LogP contribution in [0.5, 0.6) is 0 Å². The van der Waals surface area contributed by atoms with Crippen molar-refractivity contribution in [2.24, 2.45) is 4.99 Å². The molecule has 0 bridgehead atoms. The quantitative estimate of drug-likeness (QED) is 0.543. The van der Waals surface area contributed by atoms with E-state index in [0.29, 0.717) is 0 Å². The highest BCUT2D eigenvalue weighted by Gasteiger charge is 2.18. The summed E-state index contributed by atoms with van der Waals surface area (Å²) >= 11 is 5.92. The fourth-order valence-corrected chi connectivity index (χ4v) is 3.28. The second-order valence-electron chi connectivity index (χ2n) is 6.68. The minimum atomic E-state index is 0.770. The highest BCUT2D eigenvalue weighted by molar-refractivity contribution is 6.30. The molecule has 1 aromatic heterocycles. The number of hydrogen-bond acceptors (Lipinski definition) is 5. The number of anilines is 1. The van der Waals surface area contributed by atoms with Crippen LogP contribution in [0.25, 0.3) is 0 Å². The van der Waals surface area contributed by atoms with E-state index in [1.807, 2.05) is 18.2 Å². The van der Waals surface area contributed by atoms with Crippen molar-refractivity contribution in [1.29, 1.82) is 0 Å². The summed E-state index contributed by atoms with van der Waals surface area (Å²) in [5, 5.41) is 7.52. The van der Waals surface area contributed by atoms with Gasteiger partial charge in [-0.3, -0.25) is 9.89 Å². The number of piperazine rings is 1. The van der Waals surface area contributed by atoms with Gasteiger partial charge in [0.1, 0.15) is 0 Å². The molecule has 2 aromatic rings. The van der Waals surface area contributed by atoms with Gasteiger partial charge in [0, 0.05) is 70.3 Å². The van der Waals surface area contributed by atoms with Crippen LogP contribution in [0.15, 0.2) is 47.7 Å². The summed E-state index contributed by atoms with van der Waals surface area (Å²) in [5.74, 6) is 1.66. The first kappa shape index (κ1) is 20.4. The molecule has 0 amide bonds. The molecular weight excluding hydrogens is 374 g/mol. The summed E-state index contributed by atoms with van der Waals surface area (Å²) in [7, 11) is 1.80. The van der Waals surface area contributed by atoms with Gasteiger partial charge in [-0.05, 0) is 30.2 Å². The first-order valence-corrected chi connectivity index (χ1v) is 10.1. The van der Waals surface area contributed by atoms with Gasteiger partial charge in [0.05, 0.1) is 0 Å². The molecule has 1 aliphatic heterocycles. The number of nitrogens with zero attached hydrogens (tertiary/aromatic N) is 5. The number of nitrogens with one attached hydrogen (secondary N) is 2. The average Bonchev–Trinajstić information content (AvgIpc) is 2.75. The van der Waals surface area contributed by atoms with E-state index in [4.69, 9.17) is 11.6 Å². The Kier molecular flexibility index (Phi) is 7.87.